The third kappa shape index (κ3) is 8.24. The van der Waals surface area contributed by atoms with Crippen LogP contribution in [0.25, 0.3) is 11.3 Å². The van der Waals surface area contributed by atoms with Crippen LogP contribution in [-0.2, 0) is 16.1 Å². The van der Waals surface area contributed by atoms with E-state index in [1.165, 1.54) is 23.1 Å². The first kappa shape index (κ1) is 30.3. The zero-order chi connectivity index (χ0) is 29.9. The number of aryl methyl sites for hydroxylation is 1. The maximum atomic E-state index is 6.06. The van der Waals surface area contributed by atoms with Crippen molar-refractivity contribution in [3.8, 4) is 22.9 Å². The summed E-state index contributed by atoms with van der Waals surface area (Å²) in [5.74, 6) is 2.27. The molecule has 4 heterocycles. The molecule has 228 valence electrons. The Hall–Kier alpha value is -4.15. The normalized spacial score (nSPS) is 15.6. The summed E-state index contributed by atoms with van der Waals surface area (Å²) in [6.07, 6.45) is 9.72. The first-order valence-corrected chi connectivity index (χ1v) is 14.9. The fourth-order valence-corrected chi connectivity index (χ4v) is 5.34. The molecule has 0 radical (unpaired) electrons. The van der Waals surface area contributed by atoms with Crippen molar-refractivity contribution in [3.05, 3.63) is 84.7 Å². The molecule has 5 rings (SSSR count). The van der Waals surface area contributed by atoms with Gasteiger partial charge in [0.1, 0.15) is 12.0 Å². The minimum absolute atomic E-state index is 0.514. The number of piperazine rings is 1. The number of anilines is 1. The number of methoxy groups -OCH3 is 1. The van der Waals surface area contributed by atoms with Crippen LogP contribution in [-0.4, -0.2) is 97.6 Å². The van der Waals surface area contributed by atoms with Crippen molar-refractivity contribution in [1.29, 1.82) is 0 Å². The number of hydrogen-bond donors (Lipinski definition) is 0. The van der Waals surface area contributed by atoms with Crippen LogP contribution in [0.3, 0.4) is 0 Å². The summed E-state index contributed by atoms with van der Waals surface area (Å²) in [5.41, 5.74) is 5.29. The number of rotatable bonds is 13. The monoisotopic (exact) mass is 586 g/mol. The standard InChI is InChI=1S/C33H42N6O4/c1-26-7-8-30(39-13-11-37(12-14-39)27(2)38-15-19-41-20-16-38)29(21-26)24-42-17-5-4-6-18-43-32-22-28(9-10-35-32)33-31(40-3)23-34-25-36-33/h4-5,7-10,21-23,25H,2,6,11-20,24H2,1,3H3/b5-4+. The van der Waals surface area contributed by atoms with E-state index in [1.807, 2.05) is 18.2 Å². The summed E-state index contributed by atoms with van der Waals surface area (Å²) in [4.78, 5) is 19.9. The van der Waals surface area contributed by atoms with Crippen LogP contribution in [0.4, 0.5) is 5.69 Å². The summed E-state index contributed by atoms with van der Waals surface area (Å²) >= 11 is 0. The van der Waals surface area contributed by atoms with Gasteiger partial charge in [-0.05, 0) is 25.5 Å². The molecule has 0 saturated carbocycles. The predicted molar refractivity (Wildman–Crippen MR) is 167 cm³/mol. The zero-order valence-electron chi connectivity index (χ0n) is 25.3. The smallest absolute Gasteiger partial charge is 0.213 e. The van der Waals surface area contributed by atoms with Gasteiger partial charge in [0.15, 0.2) is 5.75 Å². The molecule has 2 aliphatic heterocycles. The number of benzene rings is 1. The molecule has 1 aromatic carbocycles. The Balaban J connectivity index is 1.05. The molecule has 0 atom stereocenters. The number of ether oxygens (including phenoxy) is 4. The number of aromatic nitrogens is 3. The Morgan fingerprint density at radius 1 is 1.00 bits per heavy atom. The third-order valence-electron chi connectivity index (χ3n) is 7.68. The molecule has 0 bridgehead atoms. The highest BCUT2D eigenvalue weighted by molar-refractivity contribution is 5.66. The molecule has 2 aromatic heterocycles. The van der Waals surface area contributed by atoms with Crippen LogP contribution in [0.5, 0.6) is 11.6 Å². The molecule has 0 unspecified atom stereocenters. The molecule has 2 fully saturated rings. The van der Waals surface area contributed by atoms with Gasteiger partial charge in [0.05, 0.1) is 52.2 Å². The predicted octanol–water partition coefficient (Wildman–Crippen LogP) is 4.32. The second kappa shape index (κ2) is 15.4. The molecular weight excluding hydrogens is 544 g/mol. The van der Waals surface area contributed by atoms with E-state index in [1.54, 1.807) is 19.5 Å². The van der Waals surface area contributed by atoms with Crippen LogP contribution in [0, 0.1) is 6.92 Å². The summed E-state index contributed by atoms with van der Waals surface area (Å²) in [6.45, 7) is 15.4. The van der Waals surface area contributed by atoms with Gasteiger partial charge in [0, 0.05) is 68.3 Å². The van der Waals surface area contributed by atoms with Gasteiger partial charge in [-0.3, -0.25) is 0 Å². The van der Waals surface area contributed by atoms with Gasteiger partial charge in [-0.25, -0.2) is 15.0 Å². The average molecular weight is 587 g/mol. The molecule has 0 amide bonds. The summed E-state index contributed by atoms with van der Waals surface area (Å²) in [5, 5.41) is 0. The van der Waals surface area contributed by atoms with E-state index in [0.717, 1.165) is 70.3 Å². The van der Waals surface area contributed by atoms with Gasteiger partial charge in [-0.15, -0.1) is 0 Å². The number of pyridine rings is 1. The van der Waals surface area contributed by atoms with Gasteiger partial charge in [0.2, 0.25) is 5.88 Å². The number of nitrogens with zero attached hydrogens (tertiary/aromatic N) is 6. The van der Waals surface area contributed by atoms with Gasteiger partial charge in [0.25, 0.3) is 0 Å². The van der Waals surface area contributed by atoms with Crippen molar-refractivity contribution >= 4 is 5.69 Å². The third-order valence-corrected chi connectivity index (χ3v) is 7.68. The van der Waals surface area contributed by atoms with E-state index in [0.29, 0.717) is 37.1 Å². The fraction of sp³-hybridized carbons (Fsp3) is 0.424. The Morgan fingerprint density at radius 2 is 1.81 bits per heavy atom. The van der Waals surface area contributed by atoms with Crippen molar-refractivity contribution in [1.82, 2.24) is 24.8 Å². The molecule has 10 nitrogen and oxygen atoms in total. The van der Waals surface area contributed by atoms with E-state index < -0.39 is 0 Å². The van der Waals surface area contributed by atoms with Crippen LogP contribution in [0.2, 0.25) is 0 Å². The van der Waals surface area contributed by atoms with E-state index >= 15 is 0 Å². The van der Waals surface area contributed by atoms with Gasteiger partial charge < -0.3 is 33.6 Å². The largest absolute Gasteiger partial charge is 0.493 e. The second-order valence-corrected chi connectivity index (χ2v) is 10.6. The maximum Gasteiger partial charge on any atom is 0.213 e. The van der Waals surface area contributed by atoms with Gasteiger partial charge in [-0.1, -0.05) is 36.4 Å². The first-order valence-electron chi connectivity index (χ1n) is 14.9. The molecule has 0 aliphatic carbocycles. The van der Waals surface area contributed by atoms with Crippen molar-refractivity contribution in [2.75, 3.05) is 77.7 Å². The highest BCUT2D eigenvalue weighted by Gasteiger charge is 2.23. The first-order chi connectivity index (χ1) is 21.1. The Labute approximate surface area is 254 Å². The van der Waals surface area contributed by atoms with Crippen LogP contribution >= 0.6 is 0 Å². The summed E-state index contributed by atoms with van der Waals surface area (Å²) < 4.78 is 22.8. The molecule has 2 aliphatic rings. The SMILES string of the molecule is C=C(N1CCOCC1)N1CCN(c2ccc(C)cc2COC/C=C/CCOc2cc(-c3ncncc3OC)ccn2)CC1. The summed E-state index contributed by atoms with van der Waals surface area (Å²) in [7, 11) is 1.60. The van der Waals surface area contributed by atoms with Crippen molar-refractivity contribution in [3.63, 3.8) is 0 Å². The Kier molecular flexibility index (Phi) is 10.8. The number of morpholine rings is 1. The lowest BCUT2D eigenvalue weighted by molar-refractivity contribution is 0.0373. The van der Waals surface area contributed by atoms with E-state index in [-0.39, 0.29) is 0 Å². The van der Waals surface area contributed by atoms with Crippen molar-refractivity contribution in [2.45, 2.75) is 20.0 Å². The molecule has 2 saturated heterocycles. The Bertz CT molecular complexity index is 1370. The molecule has 0 spiro atoms. The van der Waals surface area contributed by atoms with Gasteiger partial charge in [-0.2, -0.15) is 0 Å². The second-order valence-electron chi connectivity index (χ2n) is 10.6. The van der Waals surface area contributed by atoms with Crippen LogP contribution in [0.1, 0.15) is 17.5 Å². The molecular formula is C33H42N6O4. The van der Waals surface area contributed by atoms with Gasteiger partial charge >= 0.3 is 0 Å². The van der Waals surface area contributed by atoms with Crippen molar-refractivity contribution in [2.24, 2.45) is 0 Å². The number of hydrogen-bond acceptors (Lipinski definition) is 10. The average Bonchev–Trinajstić information content (AvgIpc) is 3.06. The highest BCUT2D eigenvalue weighted by Crippen LogP contribution is 2.28. The van der Waals surface area contributed by atoms with Crippen LogP contribution in [0.15, 0.2) is 73.6 Å². The Morgan fingerprint density at radius 3 is 2.63 bits per heavy atom. The topological polar surface area (TPSA) is 85.3 Å². The summed E-state index contributed by atoms with van der Waals surface area (Å²) in [6, 6.07) is 10.4. The minimum Gasteiger partial charge on any atom is -0.493 e. The van der Waals surface area contributed by atoms with E-state index in [4.69, 9.17) is 18.9 Å². The van der Waals surface area contributed by atoms with E-state index in [2.05, 4.69) is 67.4 Å². The van der Waals surface area contributed by atoms with Crippen molar-refractivity contribution < 1.29 is 18.9 Å². The maximum absolute atomic E-state index is 6.06. The zero-order valence-corrected chi connectivity index (χ0v) is 25.3. The lowest BCUT2D eigenvalue weighted by Crippen LogP contribution is -2.50. The van der Waals surface area contributed by atoms with Crippen LogP contribution < -0.4 is 14.4 Å². The molecule has 43 heavy (non-hydrogen) atoms. The lowest BCUT2D eigenvalue weighted by atomic mass is 10.1. The molecule has 10 heteroatoms. The minimum atomic E-state index is 0.514. The quantitative estimate of drug-likeness (QED) is 0.213. The highest BCUT2D eigenvalue weighted by atomic mass is 16.5. The fourth-order valence-electron chi connectivity index (χ4n) is 5.34. The molecule has 0 N–H and O–H groups in total. The van der Waals surface area contributed by atoms with E-state index in [9.17, 15) is 0 Å². The lowest BCUT2D eigenvalue weighted by Gasteiger charge is -2.43. The molecule has 3 aromatic rings.